The number of hydrogen-bond donors (Lipinski definition) is 14. The molecule has 0 unspecified atom stereocenters. The van der Waals surface area contributed by atoms with E-state index in [1.807, 2.05) is 30.8 Å². The van der Waals surface area contributed by atoms with Gasteiger partial charge in [-0.3, -0.25) is 24.2 Å². The molecule has 8 amide bonds. The zero-order valence-corrected chi connectivity index (χ0v) is 85.6. The number of thiophene rings is 4. The minimum atomic E-state index is -4.13. The predicted octanol–water partition coefficient (Wildman–Crippen LogP) is 13.6. The Morgan fingerprint density at radius 3 is 1.08 bits per heavy atom. The van der Waals surface area contributed by atoms with Crippen LogP contribution >= 0.6 is 138 Å². The average Bonchev–Trinajstić information content (AvgIpc) is 1.70. The number of likely N-dealkylation sites (N-methyl/N-ethyl adjacent to an activating group) is 1. The maximum absolute atomic E-state index is 13.2. The number of nitrogens with zero attached hydrogens (tertiary/aromatic N) is 7. The van der Waals surface area contributed by atoms with Crippen molar-refractivity contribution in [3.05, 3.63) is 325 Å². The summed E-state index contributed by atoms with van der Waals surface area (Å²) in [6.45, 7) is 3.93. The molecule has 746 valence electrons. The minimum Gasteiger partial charge on any atom is -0.476 e. The van der Waals surface area contributed by atoms with Crippen LogP contribution in [0.25, 0.3) is 66.4 Å². The molecule has 42 nitrogen and oxygen atoms in total. The third-order valence-corrected chi connectivity index (χ3v) is 35.0. The van der Waals surface area contributed by atoms with Crippen molar-refractivity contribution in [1.82, 2.24) is 62.0 Å². The van der Waals surface area contributed by atoms with Crippen molar-refractivity contribution in [2.24, 2.45) is 9.98 Å². The molecular weight excluding hydrogens is 2220 g/mol. The number of rotatable bonds is 18. The van der Waals surface area contributed by atoms with Gasteiger partial charge in [-0.15, -0.1) is 45.3 Å². The first kappa shape index (κ1) is 103. The van der Waals surface area contributed by atoms with Gasteiger partial charge in [0, 0.05) is 77.5 Å². The molecule has 58 heteroatoms. The number of carbonyl (C=O) groups is 4. The lowest BCUT2D eigenvalue weighted by Gasteiger charge is -2.14. The van der Waals surface area contributed by atoms with Crippen molar-refractivity contribution in [1.29, 1.82) is 0 Å². The van der Waals surface area contributed by atoms with E-state index in [9.17, 15) is 91.2 Å². The van der Waals surface area contributed by atoms with Gasteiger partial charge in [-0.25, -0.2) is 114 Å². The number of anilines is 6. The van der Waals surface area contributed by atoms with E-state index in [-0.39, 0.29) is 111 Å². The van der Waals surface area contributed by atoms with Crippen LogP contribution in [0, 0.1) is 0 Å². The molecule has 145 heavy (non-hydrogen) atoms. The molecule has 20 rings (SSSR count). The lowest BCUT2D eigenvalue weighted by Crippen LogP contribution is -2.34. The van der Waals surface area contributed by atoms with Crippen molar-refractivity contribution < 1.29 is 57.6 Å². The normalized spacial score (nSPS) is 13.2. The molecule has 4 aliphatic heterocycles. The molecular formula is C87H63Cl8N21O21S8. The number of sulfonamides is 4. The molecule has 4 aliphatic rings. The fourth-order valence-electron chi connectivity index (χ4n) is 15.2. The van der Waals surface area contributed by atoms with Gasteiger partial charge in [0.15, 0.2) is 0 Å². The van der Waals surface area contributed by atoms with Crippen molar-refractivity contribution in [3.8, 4) is 22.7 Å². The Morgan fingerprint density at radius 1 is 0.366 bits per heavy atom. The number of benzene rings is 8. The summed E-state index contributed by atoms with van der Waals surface area (Å²) in [5, 5.41) is 16.9. The number of amides is 8. The van der Waals surface area contributed by atoms with E-state index in [4.69, 9.17) is 97.5 Å². The number of aromatic nitrogens is 8. The van der Waals surface area contributed by atoms with Gasteiger partial charge in [-0.05, 0) is 194 Å². The van der Waals surface area contributed by atoms with Crippen LogP contribution < -0.4 is 95.8 Å². The maximum Gasteiger partial charge on any atom is 0.333 e. The molecule has 12 heterocycles. The van der Waals surface area contributed by atoms with Crippen LogP contribution in [0.3, 0.4) is 0 Å². The predicted molar refractivity (Wildman–Crippen MR) is 561 cm³/mol. The summed E-state index contributed by atoms with van der Waals surface area (Å²) < 4.78 is 115. The summed E-state index contributed by atoms with van der Waals surface area (Å²) in [5.41, 5.74) is 2.40. The smallest absolute Gasteiger partial charge is 0.333 e. The standard InChI is InChI=1S/C23H18Cl2N6O5S2.C22H15Cl2N5O6S2.2C21H15Cl2N5O5S2/c1-30-9-8-26-20(30)12-2-4-14-16(10-12)28-23(34)31(21(14)32)17-5-3-13(11-15(17)24)27-22(33)29-38(35,36)19-7-6-18(25)37-19;23-14-10-12(26-21(31)28-37(33,34)18-6-5-17(24)36-18)2-4-16(14)29-20(30)13-3-1-11(19-25-7-8-35-19)9-15(13)27-22(29)32;22-13-9-10(25-20(30)27-35(32,33)17-6-5-16(23)34-17)1-4-15(13)28-19(29)12-2-3-14-11(7-8-24-14)18(12)26-21(28)31;22-13-8-11(25-20(30)27-35(32,33)18-4-3-17(23)34-18)1-2-16(13)28-19(29)12-7-10-5-6-24-14(10)9-15(12)26-21(28)31/h2-7,10-11H,8-9H2,1H3,(H,28,34)(H2,27,29,33);1-6,9-10H,7-8H2,(H,27,32)(H2,26,28,31);1-6,9,24H,7-8H2,(H,26,31)(H2,25,27,30);1-4,7-9,24H,5-6H2,(H,26,31)(H2,25,27,30). The first-order chi connectivity index (χ1) is 68.9. The second kappa shape index (κ2) is 41.7. The highest BCUT2D eigenvalue weighted by molar-refractivity contribution is 7.93. The molecule has 0 saturated heterocycles. The number of H-pyrrole nitrogens is 4. The Kier molecular flexibility index (Phi) is 29.4. The highest BCUT2D eigenvalue weighted by atomic mass is 35.5. The zero-order chi connectivity index (χ0) is 103. The molecule has 0 spiro atoms. The lowest BCUT2D eigenvalue weighted by atomic mass is 10.1. The third-order valence-electron chi connectivity index (χ3n) is 21.6. The van der Waals surface area contributed by atoms with Gasteiger partial charge in [0.1, 0.15) is 29.3 Å². The summed E-state index contributed by atoms with van der Waals surface area (Å²) in [4.78, 5) is 175. The summed E-state index contributed by atoms with van der Waals surface area (Å²) in [5.74, 6) is 1.22. The van der Waals surface area contributed by atoms with Gasteiger partial charge in [0.25, 0.3) is 62.3 Å². The number of fused-ring (bicyclic) bond motifs is 7. The zero-order valence-electron chi connectivity index (χ0n) is 73.0. The fraction of sp³-hybridized carbons (Fsp3) is 0.103. The summed E-state index contributed by atoms with van der Waals surface area (Å²) in [6, 6.07) is 39.5. The van der Waals surface area contributed by atoms with Gasteiger partial charge < -0.3 is 61.5 Å². The Morgan fingerprint density at radius 2 is 0.717 bits per heavy atom. The minimum absolute atomic E-state index is 0.00882. The molecule has 8 aromatic heterocycles. The number of nitrogens with one attached hydrogen (secondary N) is 14. The van der Waals surface area contributed by atoms with E-state index in [1.165, 1.54) is 121 Å². The lowest BCUT2D eigenvalue weighted by molar-refractivity contribution is 0.255. The van der Waals surface area contributed by atoms with Gasteiger partial charge in [-0.2, -0.15) is 0 Å². The first-order valence-corrected chi connectivity index (χ1v) is 53.8. The molecule has 0 saturated carbocycles. The van der Waals surface area contributed by atoms with E-state index in [0.717, 1.165) is 124 Å². The number of carbonyl (C=O) groups excluding carboxylic acids is 4. The summed E-state index contributed by atoms with van der Waals surface area (Å²) in [6.07, 6.45) is 1.45. The van der Waals surface area contributed by atoms with Gasteiger partial charge in [0.05, 0.1) is 117 Å². The topological polar surface area (TPSA) is 582 Å². The summed E-state index contributed by atoms with van der Waals surface area (Å²) >= 11 is 51.6. The van der Waals surface area contributed by atoms with Crippen molar-refractivity contribution in [2.75, 3.05) is 78.3 Å². The largest absolute Gasteiger partial charge is 0.476 e. The Balaban J connectivity index is 0.000000132. The van der Waals surface area contributed by atoms with Crippen LogP contribution in [0.5, 0.6) is 0 Å². The van der Waals surface area contributed by atoms with E-state index in [1.54, 1.807) is 60.7 Å². The monoisotopic (exact) mass is 2270 g/mol. The molecule has 0 fully saturated rings. The number of halogens is 8. The van der Waals surface area contributed by atoms with Crippen LogP contribution in [-0.2, 0) is 57.7 Å². The molecule has 0 radical (unpaired) electrons. The van der Waals surface area contributed by atoms with E-state index >= 15 is 0 Å². The van der Waals surface area contributed by atoms with Crippen LogP contribution in [0.4, 0.5) is 53.3 Å². The third kappa shape index (κ3) is 22.2. The first-order valence-electron chi connectivity index (χ1n) is 41.6. The number of hydrogen-bond acceptors (Lipinski definition) is 30. The Bertz CT molecular complexity index is 9120. The number of aliphatic imine (C=N–C) groups is 2. The number of aromatic amines is 4. The Hall–Kier alpha value is -13.9. The number of amidine groups is 1. The molecule has 0 aliphatic carbocycles. The molecule has 0 atom stereocenters. The molecule has 14 N–H and O–H groups in total. The van der Waals surface area contributed by atoms with Gasteiger partial charge in [-0.1, -0.05) is 98.9 Å². The van der Waals surface area contributed by atoms with Crippen LogP contribution in [0.2, 0.25) is 37.4 Å². The van der Waals surface area contributed by atoms with E-state index in [2.05, 4.69) is 61.8 Å². The van der Waals surface area contributed by atoms with E-state index < -0.39 is 109 Å². The highest BCUT2D eigenvalue weighted by Crippen LogP contribution is 2.36. The number of urea groups is 4. The van der Waals surface area contributed by atoms with Gasteiger partial charge in [0.2, 0.25) is 5.90 Å². The quantitative estimate of drug-likeness (QED) is 0.0379. The highest BCUT2D eigenvalue weighted by Gasteiger charge is 2.30. The van der Waals surface area contributed by atoms with Crippen LogP contribution in [0.15, 0.2) is 247 Å². The van der Waals surface area contributed by atoms with Crippen molar-refractivity contribution in [3.63, 3.8) is 0 Å². The van der Waals surface area contributed by atoms with Crippen molar-refractivity contribution in [2.45, 2.75) is 29.7 Å². The van der Waals surface area contributed by atoms with E-state index in [0.29, 0.717) is 70.4 Å². The summed E-state index contributed by atoms with van der Waals surface area (Å²) in [7, 11) is -14.6. The maximum atomic E-state index is 13.2. The second-order valence-corrected chi connectivity index (χ2v) is 47.2. The Labute approximate surface area is 869 Å². The average molecular weight is 2280 g/mol. The van der Waals surface area contributed by atoms with Gasteiger partial charge >= 0.3 is 46.9 Å². The molecule has 0 bridgehead atoms. The second-order valence-electron chi connectivity index (χ2n) is 31.0. The van der Waals surface area contributed by atoms with Crippen LogP contribution in [0.1, 0.15) is 22.3 Å². The fourth-order valence-corrected chi connectivity index (χ4v) is 25.8. The van der Waals surface area contributed by atoms with Crippen LogP contribution in [-0.4, -0.2) is 159 Å². The molecule has 8 aromatic carbocycles. The molecule has 16 aromatic rings. The number of ether oxygens (including phenoxy) is 1. The SMILES string of the molecule is CN1CCN=C1c1ccc2c(=O)n(-c3ccc(NC(=O)NS(=O)(=O)c4ccc(Cl)s4)cc3Cl)c(=O)[nH]c2c1.O=C(Nc1ccc(-n2c(=O)[nH]c3c4c(ccc3c2=O)NCC4)c(Cl)c1)NS(=O)(=O)c1ccc(Cl)s1.O=C(Nc1ccc(-n2c(=O)[nH]c3cc(C4=NCCO4)ccc3c2=O)c(Cl)c1)NS(=O)(=O)c1ccc(Cl)s1.O=C(Nc1ccc(-n2c(=O)[nH]c3cc4c(cc3c2=O)CCN4)c(Cl)c1)NS(=O)(=O)c1ccc(Cl)s1. The van der Waals surface area contributed by atoms with Crippen molar-refractivity contribution >= 4 is 292 Å².